The summed E-state index contributed by atoms with van der Waals surface area (Å²) in [6, 6.07) is 8.82. The highest BCUT2D eigenvalue weighted by Crippen LogP contribution is 2.29. The lowest BCUT2D eigenvalue weighted by Crippen LogP contribution is -2.27. The molecule has 0 amide bonds. The second kappa shape index (κ2) is 6.54. The van der Waals surface area contributed by atoms with E-state index in [9.17, 15) is 0 Å². The van der Waals surface area contributed by atoms with Crippen LogP contribution in [-0.2, 0) is 0 Å². The lowest BCUT2D eigenvalue weighted by Gasteiger charge is -2.20. The molecule has 2 unspecified atom stereocenters. The van der Waals surface area contributed by atoms with Crippen molar-refractivity contribution in [3.05, 3.63) is 29.8 Å². The summed E-state index contributed by atoms with van der Waals surface area (Å²) in [6.07, 6.45) is 1.13. The van der Waals surface area contributed by atoms with Gasteiger partial charge in [-0.1, -0.05) is 32.0 Å². The van der Waals surface area contributed by atoms with E-state index in [4.69, 9.17) is 4.74 Å². The van der Waals surface area contributed by atoms with Gasteiger partial charge in [0.1, 0.15) is 5.75 Å². The second-order valence-electron chi connectivity index (χ2n) is 4.34. The minimum atomic E-state index is 0.519. The van der Waals surface area contributed by atoms with Gasteiger partial charge in [0.05, 0.1) is 7.11 Å². The standard InChI is InChI=1S/C14H23NO/c1-5-15-12(3)10-11(2)13-8-6-7-9-14(13)16-4/h6-9,11-12,15H,5,10H2,1-4H3. The molecular formula is C14H23NO. The number of benzene rings is 1. The van der Waals surface area contributed by atoms with Crippen LogP contribution in [0.15, 0.2) is 24.3 Å². The highest BCUT2D eigenvalue weighted by molar-refractivity contribution is 5.35. The molecule has 1 N–H and O–H groups in total. The lowest BCUT2D eigenvalue weighted by atomic mass is 9.93. The van der Waals surface area contributed by atoms with Crippen molar-refractivity contribution in [1.29, 1.82) is 0 Å². The van der Waals surface area contributed by atoms with Crippen molar-refractivity contribution in [2.24, 2.45) is 0 Å². The SMILES string of the molecule is CCNC(C)CC(C)c1ccccc1OC. The molecule has 0 aromatic heterocycles. The molecule has 2 nitrogen and oxygen atoms in total. The van der Waals surface area contributed by atoms with Crippen LogP contribution >= 0.6 is 0 Å². The van der Waals surface area contributed by atoms with E-state index in [0.717, 1.165) is 18.7 Å². The van der Waals surface area contributed by atoms with Crippen molar-refractivity contribution in [2.45, 2.75) is 39.2 Å². The van der Waals surface area contributed by atoms with Crippen LogP contribution in [0.25, 0.3) is 0 Å². The number of rotatable bonds is 6. The van der Waals surface area contributed by atoms with Crippen molar-refractivity contribution in [3.63, 3.8) is 0 Å². The maximum absolute atomic E-state index is 5.39. The Morgan fingerprint density at radius 3 is 2.56 bits per heavy atom. The molecule has 1 rings (SSSR count). The summed E-state index contributed by atoms with van der Waals surface area (Å²) in [7, 11) is 1.74. The van der Waals surface area contributed by atoms with Crippen molar-refractivity contribution >= 4 is 0 Å². The van der Waals surface area contributed by atoms with Crippen LogP contribution < -0.4 is 10.1 Å². The Morgan fingerprint density at radius 1 is 1.25 bits per heavy atom. The predicted octanol–water partition coefficient (Wildman–Crippen LogP) is 3.19. The summed E-state index contributed by atoms with van der Waals surface area (Å²) in [4.78, 5) is 0. The maximum Gasteiger partial charge on any atom is 0.122 e. The van der Waals surface area contributed by atoms with Gasteiger partial charge < -0.3 is 10.1 Å². The van der Waals surface area contributed by atoms with E-state index in [1.165, 1.54) is 5.56 Å². The highest BCUT2D eigenvalue weighted by atomic mass is 16.5. The van der Waals surface area contributed by atoms with Gasteiger partial charge in [-0.15, -0.1) is 0 Å². The van der Waals surface area contributed by atoms with E-state index in [-0.39, 0.29) is 0 Å². The molecule has 1 aromatic rings. The monoisotopic (exact) mass is 221 g/mol. The van der Waals surface area contributed by atoms with Gasteiger partial charge in [0.15, 0.2) is 0 Å². The molecule has 0 aliphatic heterocycles. The van der Waals surface area contributed by atoms with E-state index in [1.807, 2.05) is 12.1 Å². The minimum absolute atomic E-state index is 0.519. The molecule has 0 fully saturated rings. The van der Waals surface area contributed by atoms with Crippen LogP contribution in [0.1, 0.15) is 38.7 Å². The van der Waals surface area contributed by atoms with Crippen molar-refractivity contribution in [3.8, 4) is 5.75 Å². The van der Waals surface area contributed by atoms with Crippen LogP contribution in [-0.4, -0.2) is 19.7 Å². The topological polar surface area (TPSA) is 21.3 Å². The Kier molecular flexibility index (Phi) is 5.33. The van der Waals surface area contributed by atoms with E-state index in [2.05, 4.69) is 38.2 Å². The van der Waals surface area contributed by atoms with Gasteiger partial charge >= 0.3 is 0 Å². The van der Waals surface area contributed by atoms with Gasteiger partial charge in [-0.3, -0.25) is 0 Å². The van der Waals surface area contributed by atoms with Gasteiger partial charge in [0, 0.05) is 6.04 Å². The maximum atomic E-state index is 5.39. The van der Waals surface area contributed by atoms with Crippen LogP contribution in [0.4, 0.5) is 0 Å². The Labute approximate surface area is 99.0 Å². The zero-order valence-electron chi connectivity index (χ0n) is 10.8. The van der Waals surface area contributed by atoms with Gasteiger partial charge in [-0.2, -0.15) is 0 Å². The molecule has 0 aliphatic carbocycles. The number of methoxy groups -OCH3 is 1. The predicted molar refractivity (Wildman–Crippen MR) is 69.2 cm³/mol. The van der Waals surface area contributed by atoms with Gasteiger partial charge in [0.2, 0.25) is 0 Å². The third-order valence-corrected chi connectivity index (χ3v) is 2.93. The summed E-state index contributed by atoms with van der Waals surface area (Å²) in [5, 5.41) is 3.44. The first-order valence-corrected chi connectivity index (χ1v) is 6.05. The molecule has 0 saturated carbocycles. The molecule has 0 saturated heterocycles. The van der Waals surface area contributed by atoms with E-state index in [0.29, 0.717) is 12.0 Å². The van der Waals surface area contributed by atoms with Crippen molar-refractivity contribution in [2.75, 3.05) is 13.7 Å². The smallest absolute Gasteiger partial charge is 0.122 e. The molecule has 16 heavy (non-hydrogen) atoms. The first-order chi connectivity index (χ1) is 7.69. The summed E-state index contributed by atoms with van der Waals surface area (Å²) < 4.78 is 5.39. The van der Waals surface area contributed by atoms with Crippen molar-refractivity contribution < 1.29 is 4.74 Å². The molecule has 1 aromatic carbocycles. The average molecular weight is 221 g/mol. The molecule has 2 heteroatoms. The van der Waals surface area contributed by atoms with Crippen LogP contribution in [0.3, 0.4) is 0 Å². The Morgan fingerprint density at radius 2 is 1.94 bits per heavy atom. The Balaban J connectivity index is 2.68. The number of nitrogens with one attached hydrogen (secondary N) is 1. The zero-order chi connectivity index (χ0) is 12.0. The molecule has 90 valence electrons. The number of ether oxygens (including phenoxy) is 1. The fourth-order valence-corrected chi connectivity index (χ4v) is 2.16. The molecule has 0 heterocycles. The third-order valence-electron chi connectivity index (χ3n) is 2.93. The summed E-state index contributed by atoms with van der Waals surface area (Å²) >= 11 is 0. The van der Waals surface area contributed by atoms with Gasteiger partial charge in [-0.05, 0) is 37.4 Å². The molecule has 0 spiro atoms. The highest BCUT2D eigenvalue weighted by Gasteiger charge is 2.13. The van der Waals surface area contributed by atoms with Crippen molar-refractivity contribution in [1.82, 2.24) is 5.32 Å². The first kappa shape index (κ1) is 13.0. The molecule has 2 atom stereocenters. The third kappa shape index (κ3) is 3.53. The number of hydrogen-bond donors (Lipinski definition) is 1. The summed E-state index contributed by atoms with van der Waals surface area (Å²) in [5.74, 6) is 1.52. The summed E-state index contributed by atoms with van der Waals surface area (Å²) in [5.41, 5.74) is 1.30. The van der Waals surface area contributed by atoms with Crippen LogP contribution in [0.5, 0.6) is 5.75 Å². The van der Waals surface area contributed by atoms with E-state index >= 15 is 0 Å². The Hall–Kier alpha value is -1.02. The van der Waals surface area contributed by atoms with E-state index in [1.54, 1.807) is 7.11 Å². The molecule has 0 bridgehead atoms. The first-order valence-electron chi connectivity index (χ1n) is 6.05. The summed E-state index contributed by atoms with van der Waals surface area (Å²) in [6.45, 7) is 7.66. The Bertz CT molecular complexity index is 311. The number of para-hydroxylation sites is 1. The minimum Gasteiger partial charge on any atom is -0.496 e. The fourth-order valence-electron chi connectivity index (χ4n) is 2.16. The fraction of sp³-hybridized carbons (Fsp3) is 0.571. The molecule has 0 aliphatic rings. The average Bonchev–Trinajstić information content (AvgIpc) is 2.29. The zero-order valence-corrected chi connectivity index (χ0v) is 10.8. The number of hydrogen-bond acceptors (Lipinski definition) is 2. The van der Waals surface area contributed by atoms with Gasteiger partial charge in [0.25, 0.3) is 0 Å². The second-order valence-corrected chi connectivity index (χ2v) is 4.34. The molecule has 0 radical (unpaired) electrons. The van der Waals surface area contributed by atoms with Crippen LogP contribution in [0, 0.1) is 0 Å². The normalized spacial score (nSPS) is 14.5. The molecular weight excluding hydrogens is 198 g/mol. The quantitative estimate of drug-likeness (QED) is 0.796. The van der Waals surface area contributed by atoms with E-state index < -0.39 is 0 Å². The van der Waals surface area contributed by atoms with Crippen LogP contribution in [0.2, 0.25) is 0 Å². The largest absolute Gasteiger partial charge is 0.496 e. The lowest BCUT2D eigenvalue weighted by molar-refractivity contribution is 0.401. The van der Waals surface area contributed by atoms with Gasteiger partial charge in [-0.25, -0.2) is 0 Å².